The number of thioether (sulfide) groups is 1. The van der Waals surface area contributed by atoms with E-state index in [-0.39, 0.29) is 36.3 Å². The van der Waals surface area contributed by atoms with Crippen LogP contribution in [0.4, 0.5) is 0 Å². The van der Waals surface area contributed by atoms with Gasteiger partial charge in [-0.25, -0.2) is 8.42 Å². The van der Waals surface area contributed by atoms with Crippen molar-refractivity contribution in [2.24, 2.45) is 0 Å². The van der Waals surface area contributed by atoms with E-state index in [9.17, 15) is 18.0 Å². The van der Waals surface area contributed by atoms with Crippen molar-refractivity contribution in [3.8, 4) is 0 Å². The highest BCUT2D eigenvalue weighted by Gasteiger charge is 2.35. The van der Waals surface area contributed by atoms with Gasteiger partial charge in [-0.2, -0.15) is 4.31 Å². The van der Waals surface area contributed by atoms with Crippen LogP contribution in [0.1, 0.15) is 24.2 Å². The molecule has 2 unspecified atom stereocenters. The van der Waals surface area contributed by atoms with Gasteiger partial charge < -0.3 is 15.0 Å². The van der Waals surface area contributed by atoms with Crippen molar-refractivity contribution in [2.45, 2.75) is 32.1 Å². The van der Waals surface area contributed by atoms with Crippen molar-refractivity contribution >= 4 is 33.6 Å². The van der Waals surface area contributed by atoms with E-state index in [1.54, 1.807) is 24.3 Å². The second-order valence-corrected chi connectivity index (χ2v) is 10.4. The fraction of sp³-hybridized carbons (Fsp3) is 0.579. The standard InChI is InChI=1S/C19H27N3O5S2/c1-14-10-21(11-15(2)27-14)29(25,26)9-8-20-18(23)17-12-28-13-22(17)19(24)16-6-4-3-5-7-16/h3-7,14-15,17H,8-13H2,1-2H3,(H,20,23)/t14?,15?,17-/m0/s1. The van der Waals surface area contributed by atoms with Crippen LogP contribution in [-0.4, -0.2) is 84.7 Å². The number of carbonyl (C=O) groups excluding carboxylic acids is 2. The third-order valence-corrected chi connectivity index (χ3v) is 7.72. The first-order valence-electron chi connectivity index (χ1n) is 9.62. The average molecular weight is 442 g/mol. The summed E-state index contributed by atoms with van der Waals surface area (Å²) >= 11 is 1.51. The molecule has 2 fully saturated rings. The summed E-state index contributed by atoms with van der Waals surface area (Å²) < 4.78 is 32.2. The second kappa shape index (κ2) is 9.46. The average Bonchev–Trinajstić information content (AvgIpc) is 3.17. The number of sulfonamides is 1. The van der Waals surface area contributed by atoms with Gasteiger partial charge in [0.15, 0.2) is 0 Å². The first-order chi connectivity index (χ1) is 13.8. The highest BCUT2D eigenvalue weighted by atomic mass is 32.2. The summed E-state index contributed by atoms with van der Waals surface area (Å²) in [6.45, 7) is 4.33. The SMILES string of the molecule is CC1CN(S(=O)(=O)CCNC(=O)[C@@H]2CSCN2C(=O)c2ccccc2)CC(C)O1. The summed E-state index contributed by atoms with van der Waals surface area (Å²) in [6.07, 6.45) is -0.313. The van der Waals surface area contributed by atoms with Crippen LogP contribution in [0.3, 0.4) is 0 Å². The molecule has 160 valence electrons. The molecule has 29 heavy (non-hydrogen) atoms. The number of ether oxygens (including phenoxy) is 1. The Labute approximate surface area is 176 Å². The summed E-state index contributed by atoms with van der Waals surface area (Å²) in [6, 6.07) is 8.23. The van der Waals surface area contributed by atoms with Crippen molar-refractivity contribution in [3.05, 3.63) is 35.9 Å². The molecule has 8 nitrogen and oxygen atoms in total. The highest BCUT2D eigenvalue weighted by Crippen LogP contribution is 2.23. The predicted molar refractivity (Wildman–Crippen MR) is 112 cm³/mol. The number of nitrogens with one attached hydrogen (secondary N) is 1. The summed E-state index contributed by atoms with van der Waals surface area (Å²) in [5.41, 5.74) is 0.533. The molecule has 0 radical (unpaired) electrons. The number of hydrogen-bond donors (Lipinski definition) is 1. The Morgan fingerprint density at radius 2 is 1.83 bits per heavy atom. The van der Waals surface area contributed by atoms with Gasteiger partial charge in [-0.3, -0.25) is 9.59 Å². The lowest BCUT2D eigenvalue weighted by atomic mass is 10.1. The van der Waals surface area contributed by atoms with E-state index in [0.29, 0.717) is 30.3 Å². The Bertz CT molecular complexity index is 824. The molecule has 1 aromatic carbocycles. The fourth-order valence-corrected chi connectivity index (χ4v) is 6.16. The number of morpholine rings is 1. The minimum atomic E-state index is -3.49. The number of carbonyl (C=O) groups is 2. The maximum atomic E-state index is 12.7. The van der Waals surface area contributed by atoms with Gasteiger partial charge in [-0.05, 0) is 26.0 Å². The molecule has 2 amide bonds. The maximum Gasteiger partial charge on any atom is 0.255 e. The molecule has 2 saturated heterocycles. The quantitative estimate of drug-likeness (QED) is 0.700. The zero-order valence-electron chi connectivity index (χ0n) is 16.6. The monoisotopic (exact) mass is 441 g/mol. The molecule has 0 bridgehead atoms. The van der Waals surface area contributed by atoms with Crippen LogP contribution >= 0.6 is 11.8 Å². The molecule has 3 atom stereocenters. The molecule has 1 aromatic rings. The summed E-state index contributed by atoms with van der Waals surface area (Å²) in [5.74, 6) is 0.242. The van der Waals surface area contributed by atoms with Crippen molar-refractivity contribution < 1.29 is 22.7 Å². The van der Waals surface area contributed by atoms with Gasteiger partial charge in [-0.1, -0.05) is 18.2 Å². The van der Waals surface area contributed by atoms with Gasteiger partial charge in [0.1, 0.15) is 6.04 Å². The van der Waals surface area contributed by atoms with Gasteiger partial charge in [0, 0.05) is 31.0 Å². The van der Waals surface area contributed by atoms with Crippen LogP contribution in [-0.2, 0) is 19.6 Å². The minimum Gasteiger partial charge on any atom is -0.373 e. The maximum absolute atomic E-state index is 12.7. The summed E-state index contributed by atoms with van der Waals surface area (Å²) in [7, 11) is -3.49. The molecule has 3 rings (SSSR count). The van der Waals surface area contributed by atoms with Crippen LogP contribution in [0, 0.1) is 0 Å². The van der Waals surface area contributed by atoms with Gasteiger partial charge in [-0.15, -0.1) is 11.8 Å². The Morgan fingerprint density at radius 1 is 1.17 bits per heavy atom. The van der Waals surface area contributed by atoms with Gasteiger partial charge in [0.05, 0.1) is 23.8 Å². The van der Waals surface area contributed by atoms with Crippen LogP contribution in [0.25, 0.3) is 0 Å². The molecule has 10 heteroatoms. The van der Waals surface area contributed by atoms with Crippen LogP contribution in [0.5, 0.6) is 0 Å². The van der Waals surface area contributed by atoms with Gasteiger partial charge in [0.2, 0.25) is 15.9 Å². The zero-order chi connectivity index (χ0) is 21.0. The van der Waals surface area contributed by atoms with Crippen molar-refractivity contribution in [1.82, 2.24) is 14.5 Å². The van der Waals surface area contributed by atoms with Gasteiger partial charge in [0.25, 0.3) is 5.91 Å². The van der Waals surface area contributed by atoms with Crippen LogP contribution in [0.15, 0.2) is 30.3 Å². The third kappa shape index (κ3) is 5.50. The van der Waals surface area contributed by atoms with Gasteiger partial charge >= 0.3 is 0 Å². The van der Waals surface area contributed by atoms with E-state index in [0.717, 1.165) is 0 Å². The first-order valence-corrected chi connectivity index (χ1v) is 12.4. The largest absolute Gasteiger partial charge is 0.373 e. The predicted octanol–water partition coefficient (Wildman–Crippen LogP) is 0.757. The molecule has 2 aliphatic rings. The van der Waals surface area contributed by atoms with Crippen molar-refractivity contribution in [1.29, 1.82) is 0 Å². The van der Waals surface area contributed by atoms with E-state index >= 15 is 0 Å². The Balaban J connectivity index is 1.54. The number of rotatable bonds is 6. The molecular weight excluding hydrogens is 414 g/mol. The lowest BCUT2D eigenvalue weighted by Gasteiger charge is -2.34. The first kappa shape index (κ1) is 22.1. The van der Waals surface area contributed by atoms with E-state index in [2.05, 4.69) is 5.32 Å². The molecule has 0 saturated carbocycles. The van der Waals surface area contributed by atoms with Crippen molar-refractivity contribution in [2.75, 3.05) is 37.0 Å². The second-order valence-electron chi connectivity index (χ2n) is 7.34. The minimum absolute atomic E-state index is 0.00974. The number of benzene rings is 1. The molecule has 0 spiro atoms. The smallest absolute Gasteiger partial charge is 0.255 e. The van der Waals surface area contributed by atoms with Crippen molar-refractivity contribution in [3.63, 3.8) is 0 Å². The topological polar surface area (TPSA) is 96.0 Å². The number of nitrogens with zero attached hydrogens (tertiary/aromatic N) is 2. The number of hydrogen-bond acceptors (Lipinski definition) is 6. The van der Waals surface area contributed by atoms with Crippen LogP contribution < -0.4 is 5.32 Å². The Hall–Kier alpha value is -1.62. The molecule has 2 heterocycles. The lowest BCUT2D eigenvalue weighted by molar-refractivity contribution is -0.124. The summed E-state index contributed by atoms with van der Waals surface area (Å²) in [4.78, 5) is 26.8. The normalized spacial score (nSPS) is 25.7. The lowest BCUT2D eigenvalue weighted by Crippen LogP contribution is -2.51. The van der Waals surface area contributed by atoms with Crippen LogP contribution in [0.2, 0.25) is 0 Å². The fourth-order valence-electron chi connectivity index (χ4n) is 3.51. The molecular formula is C19H27N3O5S2. The Kier molecular flexibility index (Phi) is 7.20. The zero-order valence-corrected chi connectivity index (χ0v) is 18.2. The number of amides is 2. The van der Waals surface area contributed by atoms with E-state index < -0.39 is 16.1 Å². The summed E-state index contributed by atoms with van der Waals surface area (Å²) in [5, 5.41) is 2.70. The molecule has 0 aromatic heterocycles. The third-order valence-electron chi connectivity index (χ3n) is 4.91. The highest BCUT2D eigenvalue weighted by molar-refractivity contribution is 7.99. The molecule has 0 aliphatic carbocycles. The van der Waals surface area contributed by atoms with E-state index in [4.69, 9.17) is 4.74 Å². The molecule has 2 aliphatic heterocycles. The van der Waals surface area contributed by atoms with E-state index in [1.807, 2.05) is 19.9 Å². The molecule has 1 N–H and O–H groups in total. The van der Waals surface area contributed by atoms with E-state index in [1.165, 1.54) is 21.0 Å². The Morgan fingerprint density at radius 3 is 2.48 bits per heavy atom.